The largest absolute Gasteiger partial charge is 0.460 e. The number of hydrogen-bond acceptors (Lipinski definition) is 6. The molecule has 282 valence electrons. The van der Waals surface area contributed by atoms with Crippen LogP contribution < -0.4 is 4.83 Å². The van der Waals surface area contributed by atoms with Crippen molar-refractivity contribution in [1.29, 1.82) is 0 Å². The number of ether oxygens (including phenoxy) is 1. The summed E-state index contributed by atoms with van der Waals surface area (Å²) in [4.78, 5) is 17.1. The van der Waals surface area contributed by atoms with E-state index in [-0.39, 0.29) is 45.6 Å². The van der Waals surface area contributed by atoms with Gasteiger partial charge in [0, 0.05) is 11.1 Å². The Hall–Kier alpha value is -2.97. The Morgan fingerprint density at radius 2 is 1.62 bits per heavy atom. The quantitative estimate of drug-likeness (QED) is 0.160. The number of nitrogens with one attached hydrogen (secondary N) is 1. The molecule has 0 unspecified atom stereocenters. The zero-order valence-electron chi connectivity index (χ0n) is 32.2. The number of aryl methyl sites for hydroxylation is 1. The lowest BCUT2D eigenvalue weighted by Crippen LogP contribution is -2.67. The summed E-state index contributed by atoms with van der Waals surface area (Å²) in [5.41, 5.74) is 2.92. The van der Waals surface area contributed by atoms with E-state index in [9.17, 15) is 18.3 Å². The van der Waals surface area contributed by atoms with Crippen molar-refractivity contribution >= 4 is 21.7 Å². The fourth-order valence-corrected chi connectivity index (χ4v) is 14.1. The first-order valence-electron chi connectivity index (χ1n) is 19.7. The summed E-state index contributed by atoms with van der Waals surface area (Å²) in [5.74, 6) is 1.55. The minimum absolute atomic E-state index is 0.00842. The molecule has 7 nitrogen and oxygen atoms in total. The molecule has 2 N–H and O–H groups in total. The summed E-state index contributed by atoms with van der Waals surface area (Å²) >= 11 is 0. The fourth-order valence-electron chi connectivity index (χ4n) is 13.3. The number of rotatable bonds is 8. The molecule has 0 aliphatic heterocycles. The molecule has 5 aliphatic rings. The molecular weight excluding hydrogens is 669 g/mol. The van der Waals surface area contributed by atoms with Crippen molar-refractivity contribution in [1.82, 2.24) is 4.83 Å². The number of esters is 1. The zero-order valence-corrected chi connectivity index (χ0v) is 33.0. The van der Waals surface area contributed by atoms with Gasteiger partial charge in [0.1, 0.15) is 6.61 Å². The molecule has 2 aromatic rings. The van der Waals surface area contributed by atoms with Gasteiger partial charge in [-0.3, -0.25) is 4.79 Å². The molecule has 0 heterocycles. The maximum Gasteiger partial charge on any atom is 0.312 e. The average Bonchev–Trinajstić information content (AvgIpc) is 3.52. The highest BCUT2D eigenvalue weighted by Crippen LogP contribution is 2.77. The fraction of sp³-hybridized carbons (Fsp3) is 0.636. The normalized spacial score (nSPS) is 40.5. The van der Waals surface area contributed by atoms with Crippen LogP contribution >= 0.6 is 0 Å². The van der Waals surface area contributed by atoms with Gasteiger partial charge >= 0.3 is 5.97 Å². The number of aliphatic hydroxyl groups excluding tert-OH is 1. The highest BCUT2D eigenvalue weighted by Gasteiger charge is 2.72. The second kappa shape index (κ2) is 13.1. The van der Waals surface area contributed by atoms with E-state index in [1.165, 1.54) is 5.57 Å². The predicted octanol–water partition coefficient (Wildman–Crippen LogP) is 9.00. The van der Waals surface area contributed by atoms with E-state index in [1.54, 1.807) is 24.3 Å². The third kappa shape index (κ3) is 5.55. The molecule has 0 saturated heterocycles. The maximum atomic E-state index is 14.3. The van der Waals surface area contributed by atoms with E-state index in [2.05, 4.69) is 51.1 Å². The summed E-state index contributed by atoms with van der Waals surface area (Å²) < 4.78 is 32.7. The molecule has 0 radical (unpaired) electrons. The van der Waals surface area contributed by atoms with Crippen molar-refractivity contribution in [2.75, 3.05) is 6.61 Å². The van der Waals surface area contributed by atoms with Crippen LogP contribution in [0.2, 0.25) is 0 Å². The minimum atomic E-state index is -3.84. The van der Waals surface area contributed by atoms with Gasteiger partial charge in [-0.2, -0.15) is 13.5 Å². The van der Waals surface area contributed by atoms with Crippen molar-refractivity contribution in [3.63, 3.8) is 0 Å². The lowest BCUT2D eigenvalue weighted by atomic mass is 9.32. The Kier molecular flexibility index (Phi) is 9.41. The van der Waals surface area contributed by atoms with Crippen molar-refractivity contribution < 1.29 is 23.1 Å². The molecule has 0 spiro atoms. The van der Waals surface area contributed by atoms with Crippen LogP contribution in [0.1, 0.15) is 110 Å². The van der Waals surface area contributed by atoms with Gasteiger partial charge in [-0.05, 0) is 142 Å². The van der Waals surface area contributed by atoms with E-state index in [4.69, 9.17) is 4.74 Å². The molecule has 5 fully saturated rings. The summed E-state index contributed by atoms with van der Waals surface area (Å²) in [7, 11) is -3.84. The number of benzene rings is 2. The van der Waals surface area contributed by atoms with Crippen LogP contribution in [0.5, 0.6) is 0 Å². The van der Waals surface area contributed by atoms with E-state index >= 15 is 0 Å². The number of allylic oxidation sites excluding steroid dienone is 1. The molecule has 5 aliphatic carbocycles. The van der Waals surface area contributed by atoms with Gasteiger partial charge in [0.2, 0.25) is 0 Å². The maximum absolute atomic E-state index is 14.3. The smallest absolute Gasteiger partial charge is 0.312 e. The molecule has 8 heteroatoms. The summed E-state index contributed by atoms with van der Waals surface area (Å²) in [6, 6.07) is 16.8. The minimum Gasteiger partial charge on any atom is -0.460 e. The van der Waals surface area contributed by atoms with Gasteiger partial charge in [0.25, 0.3) is 10.0 Å². The Bertz CT molecular complexity index is 1840. The molecule has 5 saturated carbocycles. The van der Waals surface area contributed by atoms with Crippen LogP contribution in [0.15, 0.2) is 76.7 Å². The van der Waals surface area contributed by atoms with Crippen molar-refractivity contribution in [2.45, 2.75) is 117 Å². The number of carbonyl (C=O) groups excluding carboxylic acids is 1. The molecular formula is C44H60N2O5S. The van der Waals surface area contributed by atoms with Crippen LogP contribution in [-0.2, 0) is 26.2 Å². The first-order chi connectivity index (χ1) is 24.6. The Morgan fingerprint density at radius 1 is 0.904 bits per heavy atom. The van der Waals surface area contributed by atoms with Crippen LogP contribution in [0.3, 0.4) is 0 Å². The third-order valence-corrected chi connectivity index (χ3v) is 17.5. The molecule has 0 aromatic heterocycles. The molecule has 10 atom stereocenters. The van der Waals surface area contributed by atoms with E-state index in [0.29, 0.717) is 30.8 Å². The highest BCUT2D eigenvalue weighted by molar-refractivity contribution is 7.89. The lowest BCUT2D eigenvalue weighted by molar-refractivity contribution is -0.233. The highest BCUT2D eigenvalue weighted by atomic mass is 32.2. The molecule has 2 aromatic carbocycles. The number of sulfonamides is 1. The lowest BCUT2D eigenvalue weighted by Gasteiger charge is -2.72. The summed E-state index contributed by atoms with van der Waals surface area (Å²) in [6.45, 7) is 18.5. The zero-order chi connectivity index (χ0) is 37.3. The SMILES string of the molecule is C=C(C)[C@@H]1CC[C@]2(C(=O)OCc3ccccc3)CC[C@]3(C)[C@H](CC[C@@H]4[C@@]5(C)CC/C(=N\NS(=O)(=O)c6ccc(C)cc6)[C@@](C)(CO)[C@@H]5CC[C@]43C)[C@@H]12. The van der Waals surface area contributed by atoms with Gasteiger partial charge in [0.05, 0.1) is 16.9 Å². The van der Waals surface area contributed by atoms with Crippen LogP contribution in [0.25, 0.3) is 0 Å². The van der Waals surface area contributed by atoms with Crippen molar-refractivity contribution in [3.05, 3.63) is 77.9 Å². The molecule has 0 amide bonds. The van der Waals surface area contributed by atoms with Gasteiger partial charge in [-0.25, -0.2) is 4.83 Å². The summed E-state index contributed by atoms with van der Waals surface area (Å²) in [6.07, 6.45) is 9.45. The predicted molar refractivity (Wildman–Crippen MR) is 206 cm³/mol. The number of fused-ring (bicyclic) bond motifs is 7. The van der Waals surface area contributed by atoms with Crippen LogP contribution in [0.4, 0.5) is 0 Å². The second-order valence-corrected chi connectivity index (χ2v) is 20.1. The molecule has 0 bridgehead atoms. The third-order valence-electron chi connectivity index (χ3n) is 16.2. The van der Waals surface area contributed by atoms with Gasteiger partial charge in [-0.15, -0.1) is 0 Å². The van der Waals surface area contributed by atoms with E-state index in [1.807, 2.05) is 37.3 Å². The van der Waals surface area contributed by atoms with Gasteiger partial charge < -0.3 is 9.84 Å². The van der Waals surface area contributed by atoms with Crippen molar-refractivity contribution in [2.24, 2.45) is 61.8 Å². The van der Waals surface area contributed by atoms with Gasteiger partial charge in [-0.1, -0.05) is 87.9 Å². The summed E-state index contributed by atoms with van der Waals surface area (Å²) in [5, 5.41) is 15.7. The van der Waals surface area contributed by atoms with E-state index < -0.39 is 20.9 Å². The molecule has 7 rings (SSSR count). The number of nitrogens with zero attached hydrogens (tertiary/aromatic N) is 1. The van der Waals surface area contributed by atoms with Gasteiger partial charge in [0.15, 0.2) is 0 Å². The Balaban J connectivity index is 1.16. The topological polar surface area (TPSA) is 105 Å². The second-order valence-electron chi connectivity index (χ2n) is 18.4. The standard InChI is InChI=1S/C44H60N2O5S/c1-29(2)33-19-24-44(39(48)51-27-31-11-9-8-10-12-31)26-25-42(6)34(38(33)44)17-18-36-40(4)22-21-37(41(5,28-47)35(40)20-23-43(36,42)7)45-46-52(49,50)32-15-13-30(3)14-16-32/h8-16,33-36,38,46-47H,1,17-28H2,2-7H3/b45-37+/t33-,34+,35+,36+,38+,40-,41-,42+,43+,44-/m0/s1. The first-order valence-corrected chi connectivity index (χ1v) is 21.2. The van der Waals surface area contributed by atoms with Crippen LogP contribution in [-0.4, -0.2) is 31.8 Å². The van der Waals surface area contributed by atoms with Crippen molar-refractivity contribution in [3.8, 4) is 0 Å². The monoisotopic (exact) mass is 728 g/mol. The Morgan fingerprint density at radius 3 is 2.29 bits per heavy atom. The van der Waals surface area contributed by atoms with E-state index in [0.717, 1.165) is 74.6 Å². The first kappa shape index (κ1) is 37.3. The Labute approximate surface area is 312 Å². The number of hydrazone groups is 1. The number of aliphatic hydroxyl groups is 1. The van der Waals surface area contributed by atoms with Crippen LogP contribution in [0, 0.1) is 63.6 Å². The number of hydrogen-bond donors (Lipinski definition) is 2. The average molecular weight is 729 g/mol. The molecule has 52 heavy (non-hydrogen) atoms. The number of carbonyl (C=O) groups is 1.